The highest BCUT2D eigenvalue weighted by Crippen LogP contribution is 2.34. The summed E-state index contributed by atoms with van der Waals surface area (Å²) in [7, 11) is 0.0562. The van der Waals surface area contributed by atoms with E-state index in [0.29, 0.717) is 45.4 Å². The van der Waals surface area contributed by atoms with E-state index in [1.807, 2.05) is 49.4 Å². The third kappa shape index (κ3) is 7.07. The molecule has 0 fully saturated rings. The summed E-state index contributed by atoms with van der Waals surface area (Å²) in [5.74, 6) is -0.0176. The molecule has 8 nitrogen and oxygen atoms in total. The Labute approximate surface area is 262 Å². The average Bonchev–Trinajstić information content (AvgIpc) is 3.34. The van der Waals surface area contributed by atoms with Crippen LogP contribution in [0.4, 0.5) is 0 Å². The standard InChI is InChI=1S/C34H34ClN3O5Si/c1-22-6-15-27(18-28(22)33(40)41-2)43-34-37-32-30(38(34)21-42-16-17-44(3,4)5)19-29(35)31(36-32)26-13-11-25(12-14-26)24-9-7-23(20-39)8-10-24/h6-15,18-20H,16-17,21H2,1-5H3. The lowest BCUT2D eigenvalue weighted by Gasteiger charge is -2.16. The van der Waals surface area contributed by atoms with Gasteiger partial charge < -0.3 is 14.2 Å². The molecule has 0 bridgehead atoms. The van der Waals surface area contributed by atoms with Crippen molar-refractivity contribution < 1.29 is 23.8 Å². The number of methoxy groups -OCH3 is 1. The minimum Gasteiger partial charge on any atom is -0.465 e. The van der Waals surface area contributed by atoms with E-state index in [1.165, 1.54) is 7.11 Å². The molecular weight excluding hydrogens is 594 g/mol. The van der Waals surface area contributed by atoms with E-state index in [1.54, 1.807) is 34.9 Å². The first-order valence-corrected chi connectivity index (χ1v) is 18.3. The number of nitrogens with zero attached hydrogens (tertiary/aromatic N) is 3. The summed E-state index contributed by atoms with van der Waals surface area (Å²) >= 11 is 6.82. The number of pyridine rings is 1. The van der Waals surface area contributed by atoms with Crippen molar-refractivity contribution in [2.45, 2.75) is 39.3 Å². The highest BCUT2D eigenvalue weighted by molar-refractivity contribution is 6.76. The van der Waals surface area contributed by atoms with E-state index >= 15 is 0 Å². The fraction of sp³-hybridized carbons (Fsp3) is 0.235. The maximum Gasteiger partial charge on any atom is 0.338 e. The summed E-state index contributed by atoms with van der Waals surface area (Å²) in [6.07, 6.45) is 0.828. The van der Waals surface area contributed by atoms with Gasteiger partial charge in [0.1, 0.15) is 18.8 Å². The van der Waals surface area contributed by atoms with Gasteiger partial charge >= 0.3 is 12.0 Å². The lowest BCUT2D eigenvalue weighted by Crippen LogP contribution is -2.22. The number of aromatic nitrogens is 3. The van der Waals surface area contributed by atoms with Gasteiger partial charge in [-0.15, -0.1) is 0 Å². The second-order valence-corrected chi connectivity index (χ2v) is 17.7. The normalized spacial score (nSPS) is 11.5. The van der Waals surface area contributed by atoms with Gasteiger partial charge in [0.25, 0.3) is 0 Å². The second-order valence-electron chi connectivity index (χ2n) is 11.7. The quantitative estimate of drug-likeness (QED) is 0.0628. The molecule has 0 N–H and O–H groups in total. The summed E-state index contributed by atoms with van der Waals surface area (Å²) in [4.78, 5) is 32.8. The molecule has 0 atom stereocenters. The third-order valence-corrected chi connectivity index (χ3v) is 9.23. The van der Waals surface area contributed by atoms with Gasteiger partial charge in [0.2, 0.25) is 0 Å². The minimum absolute atomic E-state index is 0.195. The molecule has 2 heterocycles. The van der Waals surface area contributed by atoms with E-state index in [4.69, 9.17) is 35.8 Å². The minimum atomic E-state index is -1.29. The smallest absolute Gasteiger partial charge is 0.338 e. The molecular formula is C34H34ClN3O5Si. The van der Waals surface area contributed by atoms with E-state index in [9.17, 15) is 9.59 Å². The lowest BCUT2D eigenvalue weighted by atomic mass is 10.0. The Morgan fingerprint density at radius 2 is 1.59 bits per heavy atom. The molecule has 0 saturated heterocycles. The molecule has 0 aliphatic carbocycles. The number of aldehydes is 1. The first kappa shape index (κ1) is 31.1. The molecule has 44 heavy (non-hydrogen) atoms. The van der Waals surface area contributed by atoms with Crippen molar-refractivity contribution in [3.05, 3.63) is 94.5 Å². The number of carbonyl (C=O) groups is 2. The van der Waals surface area contributed by atoms with Crippen LogP contribution in [0, 0.1) is 6.92 Å². The number of esters is 1. The van der Waals surface area contributed by atoms with Crippen molar-refractivity contribution >= 4 is 43.1 Å². The molecule has 0 amide bonds. The van der Waals surface area contributed by atoms with Crippen molar-refractivity contribution in [2.24, 2.45) is 0 Å². The summed E-state index contributed by atoms with van der Waals surface area (Å²) < 4.78 is 19.0. The Kier molecular flexibility index (Phi) is 9.29. The second kappa shape index (κ2) is 13.1. The third-order valence-electron chi connectivity index (χ3n) is 7.24. The van der Waals surface area contributed by atoms with Gasteiger partial charge in [-0.3, -0.25) is 9.36 Å². The van der Waals surface area contributed by atoms with Crippen LogP contribution in [-0.4, -0.2) is 48.6 Å². The molecule has 0 saturated carbocycles. The fourth-order valence-electron chi connectivity index (χ4n) is 4.62. The zero-order chi connectivity index (χ0) is 31.4. The number of rotatable bonds is 11. The number of hydrogen-bond donors (Lipinski definition) is 0. The maximum absolute atomic E-state index is 12.3. The Balaban J connectivity index is 1.49. The maximum atomic E-state index is 12.3. The van der Waals surface area contributed by atoms with Gasteiger partial charge in [-0.25, -0.2) is 9.78 Å². The van der Waals surface area contributed by atoms with E-state index < -0.39 is 14.0 Å². The summed E-state index contributed by atoms with van der Waals surface area (Å²) in [6.45, 7) is 9.54. The lowest BCUT2D eigenvalue weighted by molar-refractivity contribution is 0.0599. The van der Waals surface area contributed by atoms with Crippen molar-refractivity contribution in [2.75, 3.05) is 13.7 Å². The average molecular weight is 628 g/mol. The molecule has 0 unspecified atom stereocenters. The van der Waals surface area contributed by atoms with Crippen molar-refractivity contribution in [1.29, 1.82) is 0 Å². The number of benzene rings is 3. The first-order valence-electron chi connectivity index (χ1n) is 14.2. The molecule has 226 valence electrons. The van der Waals surface area contributed by atoms with Gasteiger partial charge in [0.05, 0.1) is 28.9 Å². The van der Waals surface area contributed by atoms with Crippen LogP contribution in [0.5, 0.6) is 11.8 Å². The van der Waals surface area contributed by atoms with Gasteiger partial charge in [0, 0.05) is 25.8 Å². The molecule has 10 heteroatoms. The SMILES string of the molecule is COC(=O)c1cc(Oc2nc3nc(-c4ccc(-c5ccc(C=O)cc5)cc4)c(Cl)cc3n2COCC[Si](C)(C)C)ccc1C. The molecule has 2 aromatic heterocycles. The monoisotopic (exact) mass is 627 g/mol. The molecule has 0 radical (unpaired) electrons. The summed E-state index contributed by atoms with van der Waals surface area (Å²) in [5.41, 5.74) is 6.33. The number of hydrogen-bond acceptors (Lipinski definition) is 7. The van der Waals surface area contributed by atoms with E-state index in [-0.39, 0.29) is 12.7 Å². The van der Waals surface area contributed by atoms with E-state index in [0.717, 1.165) is 34.6 Å². The number of ether oxygens (including phenoxy) is 3. The highest BCUT2D eigenvalue weighted by Gasteiger charge is 2.20. The molecule has 5 aromatic rings. The molecule has 5 rings (SSSR count). The van der Waals surface area contributed by atoms with Crippen molar-refractivity contribution in [1.82, 2.24) is 14.5 Å². The molecule has 0 spiro atoms. The number of carbonyl (C=O) groups excluding carboxylic acids is 2. The molecule has 0 aliphatic rings. The largest absolute Gasteiger partial charge is 0.465 e. The van der Waals surface area contributed by atoms with E-state index in [2.05, 4.69) is 19.6 Å². The highest BCUT2D eigenvalue weighted by atomic mass is 35.5. The van der Waals surface area contributed by atoms with Crippen LogP contribution >= 0.6 is 11.6 Å². The number of imidazole rings is 1. The van der Waals surface area contributed by atoms with Crippen LogP contribution in [0.15, 0.2) is 72.8 Å². The van der Waals surface area contributed by atoms with Crippen molar-refractivity contribution in [3.8, 4) is 34.1 Å². The Hall–Kier alpha value is -4.31. The number of fused-ring (bicyclic) bond motifs is 1. The zero-order valence-corrected chi connectivity index (χ0v) is 27.1. The van der Waals surface area contributed by atoms with Crippen LogP contribution < -0.4 is 4.74 Å². The van der Waals surface area contributed by atoms with Gasteiger partial charge in [-0.05, 0) is 47.9 Å². The van der Waals surface area contributed by atoms with Gasteiger partial charge in [0.15, 0.2) is 5.65 Å². The van der Waals surface area contributed by atoms with Crippen LogP contribution in [0.2, 0.25) is 30.7 Å². The van der Waals surface area contributed by atoms with Crippen LogP contribution in [-0.2, 0) is 16.2 Å². The summed E-state index contributed by atoms with van der Waals surface area (Å²) in [6, 6.07) is 23.6. The Bertz CT molecular complexity index is 1810. The topological polar surface area (TPSA) is 92.5 Å². The van der Waals surface area contributed by atoms with Crippen molar-refractivity contribution in [3.63, 3.8) is 0 Å². The molecule has 0 aliphatic heterocycles. The number of halogens is 1. The van der Waals surface area contributed by atoms with Crippen LogP contribution in [0.3, 0.4) is 0 Å². The van der Waals surface area contributed by atoms with Crippen LogP contribution in [0.25, 0.3) is 33.5 Å². The first-order chi connectivity index (χ1) is 21.1. The zero-order valence-electron chi connectivity index (χ0n) is 25.4. The fourth-order valence-corrected chi connectivity index (χ4v) is 5.63. The Morgan fingerprint density at radius 1 is 0.932 bits per heavy atom. The summed E-state index contributed by atoms with van der Waals surface area (Å²) in [5, 5.41) is 0.457. The molecule has 3 aromatic carbocycles. The predicted molar refractivity (Wildman–Crippen MR) is 175 cm³/mol. The number of aryl methyl sites for hydroxylation is 1. The van der Waals surface area contributed by atoms with Crippen LogP contribution in [0.1, 0.15) is 26.3 Å². The predicted octanol–water partition coefficient (Wildman–Crippen LogP) is 8.43. The van der Waals surface area contributed by atoms with Gasteiger partial charge in [-0.1, -0.05) is 85.8 Å². The Morgan fingerprint density at radius 3 is 2.23 bits per heavy atom. The van der Waals surface area contributed by atoms with Gasteiger partial charge in [-0.2, -0.15) is 4.98 Å².